The zero-order valence-electron chi connectivity index (χ0n) is 11.9. The molecule has 1 atom stereocenters. The first-order valence-corrected chi connectivity index (χ1v) is 6.94. The number of aliphatic hydroxyl groups excluding tert-OH is 1. The second-order valence-electron chi connectivity index (χ2n) is 5.00. The van der Waals surface area contributed by atoms with Crippen molar-refractivity contribution in [1.82, 2.24) is 0 Å². The number of carboxylic acids is 1. The Kier molecular flexibility index (Phi) is 5.11. The largest absolute Gasteiger partial charge is 0.481 e. The number of aliphatic hydroxyl groups is 1. The minimum Gasteiger partial charge on any atom is -0.481 e. The lowest BCUT2D eigenvalue weighted by Crippen LogP contribution is -2.25. The van der Waals surface area contributed by atoms with Crippen molar-refractivity contribution in [3.63, 3.8) is 0 Å². The van der Waals surface area contributed by atoms with Gasteiger partial charge < -0.3 is 19.8 Å². The summed E-state index contributed by atoms with van der Waals surface area (Å²) in [6, 6.07) is 6.23. The van der Waals surface area contributed by atoms with Gasteiger partial charge in [-0.25, -0.2) is 4.79 Å². The van der Waals surface area contributed by atoms with Gasteiger partial charge in [0, 0.05) is 31.7 Å². The number of ether oxygens (including phenoxy) is 1. The summed E-state index contributed by atoms with van der Waals surface area (Å²) in [5.41, 5.74) is 0.892. The van der Waals surface area contributed by atoms with E-state index in [1.807, 2.05) is 0 Å². The number of amides is 1. The van der Waals surface area contributed by atoms with Crippen molar-refractivity contribution >= 4 is 23.5 Å². The summed E-state index contributed by atoms with van der Waals surface area (Å²) in [5.74, 6) is -2.43. The highest BCUT2D eigenvalue weighted by Crippen LogP contribution is 2.25. The third-order valence-electron chi connectivity index (χ3n) is 3.42. The predicted molar refractivity (Wildman–Crippen MR) is 76.5 cm³/mol. The van der Waals surface area contributed by atoms with Crippen molar-refractivity contribution in [2.45, 2.75) is 12.8 Å². The quantitative estimate of drug-likeness (QED) is 0.591. The molecule has 1 amide bonds. The van der Waals surface area contributed by atoms with Gasteiger partial charge in [0.05, 0.1) is 18.1 Å². The third-order valence-corrected chi connectivity index (χ3v) is 3.42. The number of aliphatic carboxylic acids is 1. The minimum atomic E-state index is -0.986. The van der Waals surface area contributed by atoms with Gasteiger partial charge in [0.25, 0.3) is 0 Å². The van der Waals surface area contributed by atoms with Gasteiger partial charge in [-0.1, -0.05) is 0 Å². The van der Waals surface area contributed by atoms with Crippen molar-refractivity contribution < 1.29 is 29.3 Å². The van der Waals surface area contributed by atoms with Crippen LogP contribution >= 0.6 is 0 Å². The van der Waals surface area contributed by atoms with Crippen molar-refractivity contribution in [1.29, 1.82) is 0 Å². The summed E-state index contributed by atoms with van der Waals surface area (Å²) >= 11 is 0. The summed E-state index contributed by atoms with van der Waals surface area (Å²) in [7, 11) is 0. The SMILES string of the molecule is O=C(OCCCO)c1ccc(N2CC(C(=O)O)CC2=O)cc1. The van der Waals surface area contributed by atoms with Gasteiger partial charge in [0.1, 0.15) is 0 Å². The maximum absolute atomic E-state index is 11.8. The molecule has 2 rings (SSSR count). The Bertz CT molecular complexity index is 568. The highest BCUT2D eigenvalue weighted by molar-refractivity contribution is 5.99. The van der Waals surface area contributed by atoms with E-state index in [0.29, 0.717) is 17.7 Å². The van der Waals surface area contributed by atoms with Crippen LogP contribution in [0, 0.1) is 5.92 Å². The Hall–Kier alpha value is -2.41. The molecule has 0 spiro atoms. The highest BCUT2D eigenvalue weighted by atomic mass is 16.5. The average molecular weight is 307 g/mol. The van der Waals surface area contributed by atoms with E-state index in [2.05, 4.69) is 0 Å². The molecule has 0 aromatic heterocycles. The Morgan fingerprint density at radius 3 is 2.50 bits per heavy atom. The van der Waals surface area contributed by atoms with E-state index in [1.165, 1.54) is 17.0 Å². The second kappa shape index (κ2) is 7.04. The maximum Gasteiger partial charge on any atom is 0.338 e. The summed E-state index contributed by atoms with van der Waals surface area (Å²) in [6.07, 6.45) is 0.364. The van der Waals surface area contributed by atoms with Gasteiger partial charge >= 0.3 is 11.9 Å². The Morgan fingerprint density at radius 2 is 1.95 bits per heavy atom. The number of rotatable bonds is 6. The van der Waals surface area contributed by atoms with Crippen LogP contribution in [0.15, 0.2) is 24.3 Å². The first-order chi connectivity index (χ1) is 10.5. The minimum absolute atomic E-state index is 0.0136. The standard InChI is InChI=1S/C15H17NO6/c17-6-1-7-22-15(21)10-2-4-12(5-3-10)16-9-11(14(19)20)8-13(16)18/h2-5,11,17H,1,6-9H2,(H,19,20). The van der Waals surface area contributed by atoms with Crippen molar-refractivity contribution in [3.05, 3.63) is 29.8 Å². The van der Waals surface area contributed by atoms with E-state index < -0.39 is 17.9 Å². The van der Waals surface area contributed by atoms with Crippen molar-refractivity contribution in [2.24, 2.45) is 5.92 Å². The van der Waals surface area contributed by atoms with E-state index in [1.54, 1.807) is 12.1 Å². The number of carbonyl (C=O) groups excluding carboxylic acids is 2. The van der Waals surface area contributed by atoms with Gasteiger partial charge in [-0.3, -0.25) is 9.59 Å². The molecule has 1 fully saturated rings. The first kappa shape index (κ1) is 16.0. The summed E-state index contributed by atoms with van der Waals surface area (Å²) in [5, 5.41) is 17.6. The number of anilines is 1. The highest BCUT2D eigenvalue weighted by Gasteiger charge is 2.35. The smallest absolute Gasteiger partial charge is 0.338 e. The van der Waals surface area contributed by atoms with Crippen LogP contribution in [-0.2, 0) is 14.3 Å². The maximum atomic E-state index is 11.8. The molecule has 7 nitrogen and oxygen atoms in total. The van der Waals surface area contributed by atoms with Crippen LogP contribution in [0.2, 0.25) is 0 Å². The van der Waals surface area contributed by atoms with Gasteiger partial charge in [-0.2, -0.15) is 0 Å². The monoisotopic (exact) mass is 307 g/mol. The number of carboxylic acid groups (broad SMARTS) is 1. The zero-order valence-corrected chi connectivity index (χ0v) is 11.9. The lowest BCUT2D eigenvalue weighted by atomic mass is 10.1. The average Bonchev–Trinajstić information content (AvgIpc) is 2.90. The van der Waals surface area contributed by atoms with E-state index >= 15 is 0 Å². The first-order valence-electron chi connectivity index (χ1n) is 6.94. The number of carbonyl (C=O) groups is 3. The van der Waals surface area contributed by atoms with Crippen LogP contribution in [0.3, 0.4) is 0 Å². The molecule has 2 N–H and O–H groups in total. The molecule has 22 heavy (non-hydrogen) atoms. The summed E-state index contributed by atoms with van der Waals surface area (Å²) in [6.45, 7) is 0.227. The van der Waals surface area contributed by atoms with Crippen LogP contribution in [0.5, 0.6) is 0 Å². The van der Waals surface area contributed by atoms with E-state index in [0.717, 1.165) is 0 Å². The van der Waals surface area contributed by atoms with Gasteiger partial charge in [0.15, 0.2) is 0 Å². The molecular weight excluding hydrogens is 290 g/mol. The van der Waals surface area contributed by atoms with Crippen molar-refractivity contribution in [2.75, 3.05) is 24.7 Å². The molecule has 0 aliphatic carbocycles. The lowest BCUT2D eigenvalue weighted by Gasteiger charge is -2.16. The van der Waals surface area contributed by atoms with E-state index in [9.17, 15) is 14.4 Å². The van der Waals surface area contributed by atoms with Crippen LogP contribution in [-0.4, -0.2) is 47.8 Å². The van der Waals surface area contributed by atoms with Crippen LogP contribution < -0.4 is 4.90 Å². The Morgan fingerprint density at radius 1 is 1.27 bits per heavy atom. The van der Waals surface area contributed by atoms with Gasteiger partial charge in [0.2, 0.25) is 5.91 Å². The normalized spacial score (nSPS) is 17.6. The molecule has 1 heterocycles. The molecule has 1 aliphatic heterocycles. The van der Waals surface area contributed by atoms with Gasteiger partial charge in [-0.05, 0) is 24.3 Å². The molecule has 1 aromatic rings. The van der Waals surface area contributed by atoms with Crippen molar-refractivity contribution in [3.8, 4) is 0 Å². The van der Waals surface area contributed by atoms with Crippen LogP contribution in [0.1, 0.15) is 23.2 Å². The molecule has 1 aromatic carbocycles. The fourth-order valence-corrected chi connectivity index (χ4v) is 2.21. The van der Waals surface area contributed by atoms with E-state index in [4.69, 9.17) is 14.9 Å². The lowest BCUT2D eigenvalue weighted by molar-refractivity contribution is -0.141. The Balaban J connectivity index is 2.01. The number of esters is 1. The third kappa shape index (κ3) is 3.62. The summed E-state index contributed by atoms with van der Waals surface area (Å²) in [4.78, 5) is 35.9. The molecule has 0 saturated carbocycles. The molecular formula is C15H17NO6. The molecule has 118 valence electrons. The number of nitrogens with zero attached hydrogens (tertiary/aromatic N) is 1. The van der Waals surface area contributed by atoms with Crippen LogP contribution in [0.4, 0.5) is 5.69 Å². The molecule has 1 saturated heterocycles. The number of hydrogen-bond acceptors (Lipinski definition) is 5. The molecule has 0 radical (unpaired) electrons. The van der Waals surface area contributed by atoms with Gasteiger partial charge in [-0.15, -0.1) is 0 Å². The molecule has 1 unspecified atom stereocenters. The number of benzene rings is 1. The molecule has 0 bridgehead atoms. The predicted octanol–water partition coefficient (Wildman–Crippen LogP) is 0.663. The van der Waals surface area contributed by atoms with Crippen LogP contribution in [0.25, 0.3) is 0 Å². The fraction of sp³-hybridized carbons (Fsp3) is 0.400. The zero-order chi connectivity index (χ0) is 16.1. The summed E-state index contributed by atoms with van der Waals surface area (Å²) < 4.78 is 4.95. The second-order valence-corrected chi connectivity index (χ2v) is 5.00. The van der Waals surface area contributed by atoms with E-state index in [-0.39, 0.29) is 32.1 Å². The fourth-order valence-electron chi connectivity index (χ4n) is 2.21. The molecule has 1 aliphatic rings. The Labute approximate surface area is 127 Å². The molecule has 7 heteroatoms. The number of hydrogen-bond donors (Lipinski definition) is 2. The topological polar surface area (TPSA) is 104 Å².